The molecule has 1 rings (SSSR count). The van der Waals surface area contributed by atoms with Crippen LogP contribution in [0.2, 0.25) is 0 Å². The number of hydrogen-bond donors (Lipinski definition) is 1. The van der Waals surface area contributed by atoms with Gasteiger partial charge in [0, 0.05) is 12.1 Å². The topological polar surface area (TPSA) is 21.3 Å². The fourth-order valence-electron chi connectivity index (χ4n) is 2.16. The van der Waals surface area contributed by atoms with E-state index in [1.54, 1.807) is 18.2 Å². The summed E-state index contributed by atoms with van der Waals surface area (Å²) in [5.74, 6) is 0.742. The SMILES string of the molecule is CCC(NC(C)c1cccc(OC(F)F)c1)C(C)C. The average molecular weight is 271 g/mol. The molecule has 1 aromatic carbocycles. The van der Waals surface area contributed by atoms with Crippen molar-refractivity contribution in [2.45, 2.75) is 52.8 Å². The lowest BCUT2D eigenvalue weighted by molar-refractivity contribution is -0.0499. The van der Waals surface area contributed by atoms with E-state index >= 15 is 0 Å². The van der Waals surface area contributed by atoms with E-state index in [0.29, 0.717) is 12.0 Å². The van der Waals surface area contributed by atoms with Crippen molar-refractivity contribution in [3.05, 3.63) is 29.8 Å². The molecule has 1 N–H and O–H groups in total. The standard InChI is InChI=1S/C15H23F2NO/c1-5-14(10(2)3)18-11(4)12-7-6-8-13(9-12)19-15(16)17/h6-11,14-15,18H,5H2,1-4H3. The molecule has 0 heterocycles. The van der Waals surface area contributed by atoms with Gasteiger partial charge in [0.25, 0.3) is 0 Å². The highest BCUT2D eigenvalue weighted by Gasteiger charge is 2.15. The Morgan fingerprint density at radius 2 is 1.89 bits per heavy atom. The van der Waals surface area contributed by atoms with Crippen LogP contribution < -0.4 is 10.1 Å². The number of ether oxygens (including phenoxy) is 1. The van der Waals surface area contributed by atoms with Gasteiger partial charge in [0.15, 0.2) is 0 Å². The molecule has 2 nitrogen and oxygen atoms in total. The molecule has 0 bridgehead atoms. The molecular weight excluding hydrogens is 248 g/mol. The van der Waals surface area contributed by atoms with Gasteiger partial charge >= 0.3 is 6.61 Å². The maximum Gasteiger partial charge on any atom is 0.387 e. The molecule has 0 aliphatic heterocycles. The second-order valence-corrected chi connectivity index (χ2v) is 5.10. The van der Waals surface area contributed by atoms with Gasteiger partial charge in [-0.05, 0) is 37.0 Å². The molecule has 0 fully saturated rings. The van der Waals surface area contributed by atoms with Gasteiger partial charge in [0.1, 0.15) is 5.75 Å². The van der Waals surface area contributed by atoms with Gasteiger partial charge in [0.2, 0.25) is 0 Å². The van der Waals surface area contributed by atoms with Crippen molar-refractivity contribution in [3.63, 3.8) is 0 Å². The molecule has 1 aromatic rings. The molecule has 0 aliphatic rings. The first kappa shape index (κ1) is 15.9. The molecule has 0 aliphatic carbocycles. The van der Waals surface area contributed by atoms with Crippen molar-refractivity contribution >= 4 is 0 Å². The number of halogens is 2. The highest BCUT2D eigenvalue weighted by molar-refractivity contribution is 5.30. The van der Waals surface area contributed by atoms with Crippen LogP contribution in [0.3, 0.4) is 0 Å². The number of hydrogen-bond acceptors (Lipinski definition) is 2. The van der Waals surface area contributed by atoms with Crippen LogP contribution >= 0.6 is 0 Å². The van der Waals surface area contributed by atoms with Crippen LogP contribution in [0.15, 0.2) is 24.3 Å². The largest absolute Gasteiger partial charge is 0.435 e. The van der Waals surface area contributed by atoms with E-state index in [4.69, 9.17) is 0 Å². The summed E-state index contributed by atoms with van der Waals surface area (Å²) in [6, 6.07) is 7.38. The van der Waals surface area contributed by atoms with E-state index in [-0.39, 0.29) is 11.8 Å². The van der Waals surface area contributed by atoms with Crippen LogP contribution in [0.4, 0.5) is 8.78 Å². The predicted octanol–water partition coefficient (Wildman–Crippen LogP) is 4.37. The summed E-state index contributed by atoms with van der Waals surface area (Å²) in [5.41, 5.74) is 0.956. The Kier molecular flexibility index (Phi) is 6.22. The van der Waals surface area contributed by atoms with Crippen LogP contribution in [0.5, 0.6) is 5.75 Å². The average Bonchev–Trinajstić information content (AvgIpc) is 2.34. The lowest BCUT2D eigenvalue weighted by Gasteiger charge is -2.25. The second kappa shape index (κ2) is 7.43. The van der Waals surface area contributed by atoms with Crippen molar-refractivity contribution in [1.82, 2.24) is 5.32 Å². The molecule has 0 aromatic heterocycles. The van der Waals surface area contributed by atoms with Crippen molar-refractivity contribution < 1.29 is 13.5 Å². The zero-order chi connectivity index (χ0) is 14.4. The van der Waals surface area contributed by atoms with E-state index in [1.807, 2.05) is 13.0 Å². The van der Waals surface area contributed by atoms with E-state index in [9.17, 15) is 8.78 Å². The third-order valence-electron chi connectivity index (χ3n) is 3.29. The van der Waals surface area contributed by atoms with Gasteiger partial charge in [0.05, 0.1) is 0 Å². The highest BCUT2D eigenvalue weighted by atomic mass is 19.3. The number of rotatable bonds is 7. The third kappa shape index (κ3) is 5.15. The molecule has 2 atom stereocenters. The summed E-state index contributed by atoms with van der Waals surface area (Å²) in [6.07, 6.45) is 1.04. The number of benzene rings is 1. The van der Waals surface area contributed by atoms with Gasteiger partial charge in [-0.3, -0.25) is 0 Å². The molecule has 0 amide bonds. The van der Waals surface area contributed by atoms with Crippen LogP contribution in [-0.2, 0) is 0 Å². The van der Waals surface area contributed by atoms with Crippen molar-refractivity contribution in [2.24, 2.45) is 5.92 Å². The zero-order valence-electron chi connectivity index (χ0n) is 12.0. The Labute approximate surface area is 114 Å². The molecule has 108 valence electrons. The van der Waals surface area contributed by atoms with E-state index < -0.39 is 6.61 Å². The first-order valence-corrected chi connectivity index (χ1v) is 6.74. The monoisotopic (exact) mass is 271 g/mol. The minimum Gasteiger partial charge on any atom is -0.435 e. The first-order chi connectivity index (χ1) is 8.93. The summed E-state index contributed by atoms with van der Waals surface area (Å²) in [4.78, 5) is 0. The molecule has 0 saturated heterocycles. The molecule has 19 heavy (non-hydrogen) atoms. The maximum absolute atomic E-state index is 12.2. The van der Waals surface area contributed by atoms with E-state index in [2.05, 4.69) is 30.8 Å². The Morgan fingerprint density at radius 1 is 1.21 bits per heavy atom. The molecule has 2 unspecified atom stereocenters. The maximum atomic E-state index is 12.2. The van der Waals surface area contributed by atoms with Gasteiger partial charge in [-0.15, -0.1) is 0 Å². The summed E-state index contributed by atoms with van der Waals surface area (Å²) in [7, 11) is 0. The van der Waals surface area contributed by atoms with Crippen molar-refractivity contribution in [2.75, 3.05) is 0 Å². The summed E-state index contributed by atoms with van der Waals surface area (Å²) >= 11 is 0. The van der Waals surface area contributed by atoms with Crippen molar-refractivity contribution in [3.8, 4) is 5.75 Å². The first-order valence-electron chi connectivity index (χ1n) is 6.74. The second-order valence-electron chi connectivity index (χ2n) is 5.10. The van der Waals surface area contributed by atoms with Gasteiger partial charge in [-0.2, -0.15) is 8.78 Å². The number of alkyl halides is 2. The van der Waals surface area contributed by atoms with E-state index in [0.717, 1.165) is 12.0 Å². The Balaban J connectivity index is 2.73. The molecule has 0 spiro atoms. The fraction of sp³-hybridized carbons (Fsp3) is 0.600. The Morgan fingerprint density at radius 3 is 2.42 bits per heavy atom. The predicted molar refractivity (Wildman–Crippen MR) is 73.5 cm³/mol. The number of nitrogens with one attached hydrogen (secondary N) is 1. The smallest absolute Gasteiger partial charge is 0.387 e. The van der Waals surface area contributed by atoms with Crippen molar-refractivity contribution in [1.29, 1.82) is 0 Å². The highest BCUT2D eigenvalue weighted by Crippen LogP contribution is 2.22. The van der Waals surface area contributed by atoms with Crippen LogP contribution in [-0.4, -0.2) is 12.7 Å². The normalized spacial score (nSPS) is 14.7. The summed E-state index contributed by atoms with van der Waals surface area (Å²) in [5, 5.41) is 3.52. The quantitative estimate of drug-likeness (QED) is 0.795. The molecular formula is C15H23F2NO. The Bertz CT molecular complexity index is 382. The van der Waals surface area contributed by atoms with Crippen LogP contribution in [0, 0.1) is 5.92 Å². The van der Waals surface area contributed by atoms with Gasteiger partial charge in [-0.1, -0.05) is 32.9 Å². The zero-order valence-corrected chi connectivity index (χ0v) is 12.0. The molecule has 0 saturated carbocycles. The van der Waals surface area contributed by atoms with Gasteiger partial charge < -0.3 is 10.1 Å². The van der Waals surface area contributed by atoms with Gasteiger partial charge in [-0.25, -0.2) is 0 Å². The molecule has 0 radical (unpaired) electrons. The van der Waals surface area contributed by atoms with E-state index in [1.165, 1.54) is 0 Å². The van der Waals surface area contributed by atoms with Crippen LogP contribution in [0.25, 0.3) is 0 Å². The minimum absolute atomic E-state index is 0.105. The summed E-state index contributed by atoms with van der Waals surface area (Å²) in [6.45, 7) is 5.74. The summed E-state index contributed by atoms with van der Waals surface area (Å²) < 4.78 is 28.8. The minimum atomic E-state index is -2.78. The lowest BCUT2D eigenvalue weighted by Crippen LogP contribution is -2.35. The fourth-order valence-corrected chi connectivity index (χ4v) is 2.16. The lowest BCUT2D eigenvalue weighted by atomic mass is 9.99. The van der Waals surface area contributed by atoms with Crippen LogP contribution in [0.1, 0.15) is 45.7 Å². The third-order valence-corrected chi connectivity index (χ3v) is 3.29. The Hall–Kier alpha value is -1.16. The molecule has 4 heteroatoms.